The molecule has 0 saturated carbocycles. The van der Waals surface area contributed by atoms with Crippen molar-refractivity contribution >= 4 is 12.2 Å². The van der Waals surface area contributed by atoms with E-state index in [1.165, 1.54) is 0 Å². The van der Waals surface area contributed by atoms with Gasteiger partial charge in [0, 0.05) is 18.7 Å². The summed E-state index contributed by atoms with van der Waals surface area (Å²) in [6.45, 7) is 3.70. The quantitative estimate of drug-likeness (QED) is 0.748. The average Bonchev–Trinajstić information content (AvgIpc) is 2.91. The number of aldehydes is 1. The number of likely N-dealkylation sites (tertiary alicyclic amines) is 1. The van der Waals surface area contributed by atoms with Crippen molar-refractivity contribution in [2.24, 2.45) is 0 Å². The topological polar surface area (TPSA) is 37.4 Å². The lowest BCUT2D eigenvalue weighted by molar-refractivity contribution is -0.131. The van der Waals surface area contributed by atoms with E-state index in [2.05, 4.69) is 0 Å². The maximum absolute atomic E-state index is 12.2. The zero-order valence-electron chi connectivity index (χ0n) is 10.1. The van der Waals surface area contributed by atoms with Crippen LogP contribution < -0.4 is 0 Å². The maximum Gasteiger partial charge on any atom is 0.229 e. The molecule has 1 aromatic rings. The average molecular weight is 231 g/mol. The molecule has 1 fully saturated rings. The number of hydrogen-bond donors (Lipinski definition) is 0. The van der Waals surface area contributed by atoms with Crippen molar-refractivity contribution in [3.63, 3.8) is 0 Å². The molecule has 1 saturated heterocycles. The van der Waals surface area contributed by atoms with Crippen LogP contribution in [0.4, 0.5) is 0 Å². The van der Waals surface area contributed by atoms with E-state index in [4.69, 9.17) is 0 Å². The molecule has 17 heavy (non-hydrogen) atoms. The molecule has 1 aliphatic rings. The van der Waals surface area contributed by atoms with E-state index in [1.54, 1.807) is 12.1 Å². The maximum atomic E-state index is 12.2. The van der Waals surface area contributed by atoms with Crippen LogP contribution in [0.5, 0.6) is 0 Å². The molecule has 1 unspecified atom stereocenters. The van der Waals surface area contributed by atoms with Crippen molar-refractivity contribution < 1.29 is 9.59 Å². The molecule has 1 atom stereocenters. The third-order valence-electron chi connectivity index (χ3n) is 3.36. The Labute approximate surface area is 101 Å². The van der Waals surface area contributed by atoms with Crippen LogP contribution in [0.2, 0.25) is 0 Å². The van der Waals surface area contributed by atoms with Crippen LogP contribution in [0.15, 0.2) is 24.3 Å². The molecule has 0 bridgehead atoms. The first kappa shape index (κ1) is 11.8. The Balaban J connectivity index is 2.09. The summed E-state index contributed by atoms with van der Waals surface area (Å²) >= 11 is 0. The number of benzene rings is 1. The summed E-state index contributed by atoms with van der Waals surface area (Å²) in [6, 6.07) is 7.25. The standard InChI is InChI=1S/C14H17NO2/c1-11(14(17)15-8-2-3-9-15)13-6-4-12(10-16)5-7-13/h4-7,10-11H,2-3,8-9H2,1H3. The summed E-state index contributed by atoms with van der Waals surface area (Å²) in [6.07, 6.45) is 3.04. The Hall–Kier alpha value is -1.64. The summed E-state index contributed by atoms with van der Waals surface area (Å²) < 4.78 is 0. The molecule has 3 nitrogen and oxygen atoms in total. The SMILES string of the molecule is CC(C(=O)N1CCCC1)c1ccc(C=O)cc1. The molecule has 2 rings (SSSR count). The summed E-state index contributed by atoms with van der Waals surface area (Å²) in [7, 11) is 0. The predicted octanol–water partition coefficient (Wildman–Crippen LogP) is 2.23. The molecule has 0 radical (unpaired) electrons. The molecule has 1 aromatic carbocycles. The van der Waals surface area contributed by atoms with Gasteiger partial charge in [0.2, 0.25) is 5.91 Å². The van der Waals surface area contributed by atoms with E-state index in [-0.39, 0.29) is 11.8 Å². The lowest BCUT2D eigenvalue weighted by Gasteiger charge is -2.20. The molecule has 1 amide bonds. The predicted molar refractivity (Wildman–Crippen MR) is 66.1 cm³/mol. The monoisotopic (exact) mass is 231 g/mol. The first-order valence-electron chi connectivity index (χ1n) is 6.06. The number of amides is 1. The molecule has 0 aromatic heterocycles. The molecule has 0 spiro atoms. The first-order chi connectivity index (χ1) is 8.22. The third kappa shape index (κ3) is 2.54. The molecule has 1 aliphatic heterocycles. The van der Waals surface area contributed by atoms with E-state index in [9.17, 15) is 9.59 Å². The van der Waals surface area contributed by atoms with Gasteiger partial charge in [0.15, 0.2) is 0 Å². The molecular weight excluding hydrogens is 214 g/mol. The van der Waals surface area contributed by atoms with Gasteiger partial charge in [0.25, 0.3) is 0 Å². The van der Waals surface area contributed by atoms with Crippen molar-refractivity contribution in [3.05, 3.63) is 35.4 Å². The Morgan fingerprint density at radius 3 is 2.35 bits per heavy atom. The van der Waals surface area contributed by atoms with Crippen LogP contribution in [0, 0.1) is 0 Å². The van der Waals surface area contributed by atoms with E-state index in [0.717, 1.165) is 37.8 Å². The van der Waals surface area contributed by atoms with Crippen molar-refractivity contribution in [2.75, 3.05) is 13.1 Å². The van der Waals surface area contributed by atoms with Gasteiger partial charge in [-0.1, -0.05) is 24.3 Å². The molecular formula is C14H17NO2. The lowest BCUT2D eigenvalue weighted by Crippen LogP contribution is -2.31. The van der Waals surface area contributed by atoms with Crippen molar-refractivity contribution in [1.29, 1.82) is 0 Å². The molecule has 90 valence electrons. The Bertz CT molecular complexity index is 405. The first-order valence-corrected chi connectivity index (χ1v) is 6.06. The summed E-state index contributed by atoms with van der Waals surface area (Å²) in [4.78, 5) is 24.6. The van der Waals surface area contributed by atoms with E-state index in [0.29, 0.717) is 5.56 Å². The number of carbonyl (C=O) groups is 2. The van der Waals surface area contributed by atoms with Crippen LogP contribution in [0.1, 0.15) is 41.6 Å². The highest BCUT2D eigenvalue weighted by Gasteiger charge is 2.23. The molecule has 0 aliphatic carbocycles. The van der Waals surface area contributed by atoms with E-state index >= 15 is 0 Å². The third-order valence-corrected chi connectivity index (χ3v) is 3.36. The summed E-state index contributed by atoms with van der Waals surface area (Å²) in [5.41, 5.74) is 1.63. The normalized spacial score (nSPS) is 16.9. The number of carbonyl (C=O) groups excluding carboxylic acids is 2. The van der Waals surface area contributed by atoms with Crippen molar-refractivity contribution in [2.45, 2.75) is 25.7 Å². The minimum atomic E-state index is -0.117. The minimum absolute atomic E-state index is 0.117. The van der Waals surface area contributed by atoms with Gasteiger partial charge in [-0.25, -0.2) is 0 Å². The van der Waals surface area contributed by atoms with E-state index < -0.39 is 0 Å². The van der Waals surface area contributed by atoms with E-state index in [1.807, 2.05) is 24.0 Å². The van der Waals surface area contributed by atoms with Gasteiger partial charge in [-0.15, -0.1) is 0 Å². The van der Waals surface area contributed by atoms with Crippen LogP contribution in [0.3, 0.4) is 0 Å². The Kier molecular flexibility index (Phi) is 3.57. The number of rotatable bonds is 3. The molecule has 3 heteroatoms. The Morgan fingerprint density at radius 1 is 1.24 bits per heavy atom. The van der Waals surface area contributed by atoms with Crippen LogP contribution in [0.25, 0.3) is 0 Å². The van der Waals surface area contributed by atoms with Crippen LogP contribution in [-0.2, 0) is 4.79 Å². The largest absolute Gasteiger partial charge is 0.342 e. The second kappa shape index (κ2) is 5.13. The van der Waals surface area contributed by atoms with Crippen molar-refractivity contribution in [1.82, 2.24) is 4.90 Å². The fourth-order valence-electron chi connectivity index (χ4n) is 2.22. The van der Waals surface area contributed by atoms with Crippen LogP contribution in [-0.4, -0.2) is 30.2 Å². The Morgan fingerprint density at radius 2 is 1.82 bits per heavy atom. The van der Waals surface area contributed by atoms with Gasteiger partial charge in [-0.05, 0) is 25.3 Å². The summed E-state index contributed by atoms with van der Waals surface area (Å²) in [5, 5.41) is 0. The van der Waals surface area contributed by atoms with Gasteiger partial charge in [-0.3, -0.25) is 9.59 Å². The van der Waals surface area contributed by atoms with Gasteiger partial charge in [0.1, 0.15) is 6.29 Å². The fraction of sp³-hybridized carbons (Fsp3) is 0.429. The number of nitrogens with zero attached hydrogens (tertiary/aromatic N) is 1. The second-order valence-corrected chi connectivity index (χ2v) is 4.54. The van der Waals surface area contributed by atoms with Gasteiger partial charge in [0.05, 0.1) is 5.92 Å². The fourth-order valence-corrected chi connectivity index (χ4v) is 2.22. The summed E-state index contributed by atoms with van der Waals surface area (Å²) in [5.74, 6) is 0.0788. The molecule has 1 heterocycles. The lowest BCUT2D eigenvalue weighted by atomic mass is 9.99. The van der Waals surface area contributed by atoms with Crippen molar-refractivity contribution in [3.8, 4) is 0 Å². The second-order valence-electron chi connectivity index (χ2n) is 4.54. The van der Waals surface area contributed by atoms with Gasteiger partial charge >= 0.3 is 0 Å². The molecule has 0 N–H and O–H groups in total. The number of hydrogen-bond acceptors (Lipinski definition) is 2. The van der Waals surface area contributed by atoms with Gasteiger partial charge in [-0.2, -0.15) is 0 Å². The highest BCUT2D eigenvalue weighted by molar-refractivity contribution is 5.84. The van der Waals surface area contributed by atoms with Crippen LogP contribution >= 0.6 is 0 Å². The minimum Gasteiger partial charge on any atom is -0.342 e. The highest BCUT2D eigenvalue weighted by Crippen LogP contribution is 2.21. The zero-order valence-corrected chi connectivity index (χ0v) is 10.1. The zero-order chi connectivity index (χ0) is 12.3. The highest BCUT2D eigenvalue weighted by atomic mass is 16.2. The van der Waals surface area contributed by atoms with Gasteiger partial charge < -0.3 is 4.90 Å². The smallest absolute Gasteiger partial charge is 0.229 e.